The lowest BCUT2D eigenvalue weighted by Crippen LogP contribution is -2.22. The molecule has 1 aromatic rings. The zero-order valence-electron chi connectivity index (χ0n) is 7.66. The highest BCUT2D eigenvalue weighted by Crippen LogP contribution is 2.64. The molecule has 2 unspecified atom stereocenters. The van der Waals surface area contributed by atoms with E-state index in [2.05, 4.69) is 40.8 Å². The molecule has 72 valence electrons. The van der Waals surface area contributed by atoms with E-state index in [1.54, 1.807) is 7.11 Å². The average molecular weight is 300 g/mol. The first-order valence-electron chi connectivity index (χ1n) is 4.45. The summed E-state index contributed by atoms with van der Waals surface area (Å²) in [4.78, 5) is 0. The minimum atomic E-state index is -0.526. The summed E-state index contributed by atoms with van der Waals surface area (Å²) in [6, 6.07) is 8.24. The second-order valence-electron chi connectivity index (χ2n) is 3.49. The van der Waals surface area contributed by atoms with Gasteiger partial charge in [-0.3, -0.25) is 0 Å². The van der Waals surface area contributed by atoms with Crippen molar-refractivity contribution in [3.63, 3.8) is 0 Å². The number of epoxide rings is 1. The fraction of sp³-hybridized carbons (Fsp3) is 0.273. The fourth-order valence-corrected chi connectivity index (χ4v) is 3.16. The van der Waals surface area contributed by atoms with Gasteiger partial charge in [0.05, 0.1) is 0 Å². The molecule has 1 aliphatic carbocycles. The van der Waals surface area contributed by atoms with Crippen LogP contribution >= 0.6 is 22.6 Å². The number of methoxy groups -OCH3 is 1. The Kier molecular flexibility index (Phi) is 1.64. The fourth-order valence-electron chi connectivity index (χ4n) is 1.94. The van der Waals surface area contributed by atoms with Gasteiger partial charge < -0.3 is 9.47 Å². The van der Waals surface area contributed by atoms with Crippen molar-refractivity contribution in [2.45, 2.75) is 9.39 Å². The van der Waals surface area contributed by atoms with Gasteiger partial charge in [-0.2, -0.15) is 0 Å². The molecule has 1 heterocycles. The Labute approximate surface area is 96.0 Å². The summed E-state index contributed by atoms with van der Waals surface area (Å²) >= 11 is 2.31. The summed E-state index contributed by atoms with van der Waals surface area (Å²) in [6.45, 7) is 0. The van der Waals surface area contributed by atoms with Crippen molar-refractivity contribution in [1.29, 1.82) is 0 Å². The van der Waals surface area contributed by atoms with E-state index in [1.807, 2.05) is 18.2 Å². The normalized spacial score (nSPS) is 37.6. The first-order chi connectivity index (χ1) is 6.72. The highest BCUT2D eigenvalue weighted by molar-refractivity contribution is 14.1. The Morgan fingerprint density at radius 2 is 2.14 bits per heavy atom. The van der Waals surface area contributed by atoms with Gasteiger partial charge in [0.2, 0.25) is 9.39 Å². The first-order valence-corrected chi connectivity index (χ1v) is 5.53. The van der Waals surface area contributed by atoms with Crippen LogP contribution in [0.15, 0.2) is 30.3 Å². The molecule has 1 fully saturated rings. The number of ether oxygens (including phenoxy) is 2. The summed E-state index contributed by atoms with van der Waals surface area (Å²) < 4.78 is 10.8. The second-order valence-corrected chi connectivity index (χ2v) is 5.01. The average Bonchev–Trinajstić information content (AvgIpc) is 2.86. The Hall–Kier alpha value is -0.390. The predicted molar refractivity (Wildman–Crippen MR) is 62.0 cm³/mol. The van der Waals surface area contributed by atoms with Gasteiger partial charge in [0.25, 0.3) is 0 Å². The lowest BCUT2D eigenvalue weighted by atomic mass is 9.96. The van der Waals surface area contributed by atoms with Crippen LogP contribution in [-0.4, -0.2) is 12.9 Å². The van der Waals surface area contributed by atoms with E-state index in [1.165, 1.54) is 11.1 Å². The van der Waals surface area contributed by atoms with Crippen molar-refractivity contribution in [3.8, 4) is 0 Å². The molecule has 3 heteroatoms. The summed E-state index contributed by atoms with van der Waals surface area (Å²) in [6.07, 6.45) is 4.05. The number of alkyl halides is 1. The summed E-state index contributed by atoms with van der Waals surface area (Å²) in [5.74, 6) is -0.526. The smallest absolute Gasteiger partial charge is 0.233 e. The quantitative estimate of drug-likeness (QED) is 0.452. The topological polar surface area (TPSA) is 21.8 Å². The molecule has 2 nitrogen and oxygen atoms in total. The van der Waals surface area contributed by atoms with Gasteiger partial charge in [-0.1, -0.05) is 30.3 Å². The van der Waals surface area contributed by atoms with Crippen molar-refractivity contribution in [3.05, 3.63) is 41.5 Å². The first kappa shape index (κ1) is 8.88. The third kappa shape index (κ3) is 0.877. The number of hydrogen-bond acceptors (Lipinski definition) is 2. The van der Waals surface area contributed by atoms with Gasteiger partial charge in [-0.05, 0) is 34.2 Å². The zero-order valence-corrected chi connectivity index (χ0v) is 9.82. The van der Waals surface area contributed by atoms with E-state index in [0.29, 0.717) is 0 Å². The Morgan fingerprint density at radius 3 is 2.93 bits per heavy atom. The van der Waals surface area contributed by atoms with Crippen LogP contribution < -0.4 is 0 Å². The van der Waals surface area contributed by atoms with Gasteiger partial charge >= 0.3 is 0 Å². The largest absolute Gasteiger partial charge is 0.346 e. The zero-order chi connectivity index (χ0) is 9.81. The molecule has 2 atom stereocenters. The van der Waals surface area contributed by atoms with E-state index >= 15 is 0 Å². The Bertz CT molecular complexity index is 429. The summed E-state index contributed by atoms with van der Waals surface area (Å²) in [5, 5.41) is 0. The van der Waals surface area contributed by atoms with Crippen molar-refractivity contribution in [2.24, 2.45) is 0 Å². The molecular weight excluding hydrogens is 291 g/mol. The van der Waals surface area contributed by atoms with Crippen molar-refractivity contribution >= 4 is 28.7 Å². The number of fused-ring (bicyclic) bond motifs is 3. The van der Waals surface area contributed by atoms with Crippen LogP contribution in [0.1, 0.15) is 11.1 Å². The molecule has 3 rings (SSSR count). The molecule has 1 aromatic carbocycles. The van der Waals surface area contributed by atoms with Crippen LogP contribution in [0.4, 0.5) is 0 Å². The molecule has 0 spiro atoms. The number of benzene rings is 1. The molecule has 0 radical (unpaired) electrons. The van der Waals surface area contributed by atoms with Crippen LogP contribution in [0.3, 0.4) is 0 Å². The molecule has 0 N–H and O–H groups in total. The van der Waals surface area contributed by atoms with E-state index in [4.69, 9.17) is 9.47 Å². The molecule has 0 saturated carbocycles. The van der Waals surface area contributed by atoms with Crippen LogP contribution in [0.5, 0.6) is 0 Å². The standard InChI is InChI=1S/C11H9IO2/c1-13-10-7-6-8-4-2-3-5-9(8)11(10,12)14-10/h2-7H,1H3. The number of rotatable bonds is 1. The molecule has 0 bridgehead atoms. The summed E-state index contributed by atoms with van der Waals surface area (Å²) in [5.41, 5.74) is 2.41. The van der Waals surface area contributed by atoms with Crippen LogP contribution in [0, 0.1) is 0 Å². The lowest BCUT2D eigenvalue weighted by Gasteiger charge is -2.17. The minimum Gasteiger partial charge on any atom is -0.346 e. The predicted octanol–water partition coefficient (Wildman–Crippen LogP) is 2.67. The molecule has 2 aliphatic rings. The highest BCUT2D eigenvalue weighted by atomic mass is 127. The molecule has 1 saturated heterocycles. The molecular formula is C11H9IO2. The van der Waals surface area contributed by atoms with Crippen molar-refractivity contribution in [2.75, 3.05) is 7.11 Å². The van der Waals surface area contributed by atoms with Crippen LogP contribution in [-0.2, 0) is 13.1 Å². The summed E-state index contributed by atoms with van der Waals surface area (Å²) in [7, 11) is 1.68. The number of hydrogen-bond donors (Lipinski definition) is 0. The van der Waals surface area contributed by atoms with Gasteiger partial charge in [0.15, 0.2) is 0 Å². The van der Waals surface area contributed by atoms with Gasteiger partial charge in [-0.25, -0.2) is 0 Å². The maximum absolute atomic E-state index is 5.71. The van der Waals surface area contributed by atoms with E-state index < -0.39 is 5.79 Å². The number of halogens is 1. The third-order valence-electron chi connectivity index (χ3n) is 2.79. The van der Waals surface area contributed by atoms with E-state index in [-0.39, 0.29) is 3.61 Å². The van der Waals surface area contributed by atoms with Gasteiger partial charge in [-0.15, -0.1) is 0 Å². The minimum absolute atomic E-state index is 0.315. The van der Waals surface area contributed by atoms with E-state index in [0.717, 1.165) is 0 Å². The third-order valence-corrected chi connectivity index (χ3v) is 4.34. The van der Waals surface area contributed by atoms with Gasteiger partial charge in [0, 0.05) is 12.7 Å². The lowest BCUT2D eigenvalue weighted by molar-refractivity contribution is 0.0305. The molecule has 1 aliphatic heterocycles. The Morgan fingerprint density at radius 1 is 1.36 bits per heavy atom. The van der Waals surface area contributed by atoms with Gasteiger partial charge in [0.1, 0.15) is 0 Å². The SMILES string of the molecule is COC12C=Cc3ccccc3C1(I)O2. The van der Waals surface area contributed by atoms with E-state index in [9.17, 15) is 0 Å². The monoisotopic (exact) mass is 300 g/mol. The Balaban J connectivity index is 2.20. The second kappa shape index (κ2) is 2.59. The maximum atomic E-state index is 5.71. The molecule has 14 heavy (non-hydrogen) atoms. The van der Waals surface area contributed by atoms with Crippen molar-refractivity contribution in [1.82, 2.24) is 0 Å². The maximum Gasteiger partial charge on any atom is 0.233 e. The van der Waals surface area contributed by atoms with Crippen LogP contribution in [0.2, 0.25) is 0 Å². The highest BCUT2D eigenvalue weighted by Gasteiger charge is 2.71. The van der Waals surface area contributed by atoms with Crippen molar-refractivity contribution < 1.29 is 9.47 Å². The molecule has 0 aromatic heterocycles. The molecule has 0 amide bonds. The van der Waals surface area contributed by atoms with Crippen LogP contribution in [0.25, 0.3) is 6.08 Å².